The van der Waals surface area contributed by atoms with Crippen LogP contribution in [0, 0.1) is 4.77 Å². The van der Waals surface area contributed by atoms with Crippen LogP contribution < -0.4 is 5.56 Å². The van der Waals surface area contributed by atoms with Gasteiger partial charge in [-0.1, -0.05) is 0 Å². The molecule has 0 unspecified atom stereocenters. The molecule has 1 aromatic rings. The topological polar surface area (TPSA) is 125 Å². The van der Waals surface area contributed by atoms with Crippen LogP contribution in [0.15, 0.2) is 17.1 Å². The first-order chi connectivity index (χ1) is 9.34. The number of rotatable bonds is 3. The number of H-pyrrole nitrogens is 1. The van der Waals surface area contributed by atoms with E-state index in [4.69, 9.17) is 22.1 Å². The van der Waals surface area contributed by atoms with Gasteiger partial charge in [0.1, 0.15) is 18.3 Å². The van der Waals surface area contributed by atoms with E-state index in [1.54, 1.807) is 0 Å². The zero-order chi connectivity index (χ0) is 15.1. The quantitative estimate of drug-likeness (QED) is 0.488. The monoisotopic (exact) mass is 302 g/mol. The molecule has 0 saturated carbocycles. The van der Waals surface area contributed by atoms with Gasteiger partial charge in [0, 0.05) is 12.3 Å². The molecular weight excluding hydrogens is 288 g/mol. The fraction of sp³-hybridized carbons (Fsp3) is 0.545. The number of hydrogen-bond donors (Lipinski definition) is 4. The molecule has 4 N–H and O–H groups in total. The lowest BCUT2D eigenvalue weighted by Crippen LogP contribution is -2.51. The molecule has 20 heavy (non-hydrogen) atoms. The van der Waals surface area contributed by atoms with Crippen molar-refractivity contribution in [3.8, 4) is 0 Å². The molecule has 4 atom stereocenters. The van der Waals surface area contributed by atoms with Crippen LogP contribution in [0.1, 0.15) is 6.92 Å². The molecule has 1 fully saturated rings. The van der Waals surface area contributed by atoms with Gasteiger partial charge in [0.05, 0.1) is 6.61 Å². The van der Waals surface area contributed by atoms with Crippen LogP contribution >= 0.6 is 12.2 Å². The molecule has 110 valence electrons. The summed E-state index contributed by atoms with van der Waals surface area (Å²) in [5, 5.41) is 29.1. The summed E-state index contributed by atoms with van der Waals surface area (Å²) in [4.78, 5) is 25.5. The molecule has 9 heteroatoms. The SMILES string of the molecule is CC(=O)[C@@]1(n2ccc(=O)[nH]c2=S)O[C@H](CO)[C@@H](O)[C@H]1O. The van der Waals surface area contributed by atoms with Crippen molar-refractivity contribution in [1.82, 2.24) is 9.55 Å². The maximum absolute atomic E-state index is 12.0. The second-order valence-electron chi connectivity index (χ2n) is 4.51. The largest absolute Gasteiger partial charge is 0.394 e. The number of nitrogens with zero attached hydrogens (tertiary/aromatic N) is 1. The number of aromatic amines is 1. The van der Waals surface area contributed by atoms with E-state index in [-0.39, 0.29) is 4.77 Å². The lowest BCUT2D eigenvalue weighted by atomic mass is 9.99. The summed E-state index contributed by atoms with van der Waals surface area (Å²) in [6, 6.07) is 1.11. The summed E-state index contributed by atoms with van der Waals surface area (Å²) in [5.41, 5.74) is -2.45. The van der Waals surface area contributed by atoms with Gasteiger partial charge in [0.25, 0.3) is 5.56 Å². The molecule has 1 saturated heterocycles. The van der Waals surface area contributed by atoms with Crippen molar-refractivity contribution in [3.63, 3.8) is 0 Å². The maximum Gasteiger partial charge on any atom is 0.251 e. The molecule has 1 aliphatic rings. The van der Waals surface area contributed by atoms with Crippen molar-refractivity contribution in [2.45, 2.75) is 31.0 Å². The van der Waals surface area contributed by atoms with Gasteiger partial charge < -0.3 is 20.1 Å². The first-order valence-corrected chi connectivity index (χ1v) is 6.23. The van der Waals surface area contributed by atoms with Gasteiger partial charge in [-0.05, 0) is 19.1 Å². The molecule has 0 spiro atoms. The molecule has 0 aromatic carbocycles. The predicted molar refractivity (Wildman–Crippen MR) is 68.5 cm³/mol. The fourth-order valence-corrected chi connectivity index (χ4v) is 2.59. The highest BCUT2D eigenvalue weighted by Crippen LogP contribution is 2.36. The van der Waals surface area contributed by atoms with Crippen LogP contribution in [0.25, 0.3) is 0 Å². The number of Topliss-reactive ketones (excluding diaryl/α,β-unsaturated/α-hetero) is 1. The third kappa shape index (κ3) is 2.03. The minimum atomic E-state index is -1.98. The van der Waals surface area contributed by atoms with Crippen LogP contribution in [-0.4, -0.2) is 55.6 Å². The van der Waals surface area contributed by atoms with Crippen molar-refractivity contribution >= 4 is 18.0 Å². The van der Waals surface area contributed by atoms with Crippen LogP contribution in [0.3, 0.4) is 0 Å². The van der Waals surface area contributed by atoms with Crippen molar-refractivity contribution in [2.24, 2.45) is 0 Å². The summed E-state index contributed by atoms with van der Waals surface area (Å²) >= 11 is 4.95. The first-order valence-electron chi connectivity index (χ1n) is 5.83. The van der Waals surface area contributed by atoms with E-state index >= 15 is 0 Å². The summed E-state index contributed by atoms with van der Waals surface area (Å²) in [5.74, 6) is -0.622. The maximum atomic E-state index is 12.0. The molecule has 2 rings (SSSR count). The van der Waals surface area contributed by atoms with Crippen LogP contribution in [-0.2, 0) is 15.3 Å². The van der Waals surface area contributed by atoms with Gasteiger partial charge in [-0.25, -0.2) is 0 Å². The van der Waals surface area contributed by atoms with E-state index in [0.29, 0.717) is 0 Å². The Hall–Kier alpha value is -1.39. The standard InChI is InChI=1S/C11H14N2O6S/c1-5(15)11(9(18)8(17)6(4-14)19-11)13-3-2-7(16)12-10(13)20/h2-3,6,8-9,14,17-18H,4H2,1H3,(H,12,16,20)/t6-,8-,9-,11-/m1/s1. The van der Waals surface area contributed by atoms with Gasteiger partial charge in [-0.15, -0.1) is 0 Å². The number of ether oxygens (including phenoxy) is 1. The van der Waals surface area contributed by atoms with E-state index < -0.39 is 42.0 Å². The van der Waals surface area contributed by atoms with E-state index in [1.165, 1.54) is 6.20 Å². The number of aliphatic hydroxyl groups excluding tert-OH is 3. The van der Waals surface area contributed by atoms with Gasteiger partial charge in [-0.3, -0.25) is 19.1 Å². The van der Waals surface area contributed by atoms with Gasteiger partial charge >= 0.3 is 0 Å². The lowest BCUT2D eigenvalue weighted by Gasteiger charge is -2.31. The minimum Gasteiger partial charge on any atom is -0.394 e. The average molecular weight is 302 g/mol. The second-order valence-corrected chi connectivity index (χ2v) is 4.89. The van der Waals surface area contributed by atoms with Crippen LogP contribution in [0.5, 0.6) is 0 Å². The normalized spacial score (nSPS) is 33.3. The highest BCUT2D eigenvalue weighted by Gasteiger charge is 2.58. The zero-order valence-electron chi connectivity index (χ0n) is 10.5. The number of carbonyl (C=O) groups is 1. The van der Waals surface area contributed by atoms with Crippen molar-refractivity contribution < 1.29 is 24.9 Å². The number of nitrogens with one attached hydrogen (secondary N) is 1. The Labute approximate surface area is 118 Å². The molecule has 8 nitrogen and oxygen atoms in total. The van der Waals surface area contributed by atoms with Gasteiger partial charge in [0.15, 0.2) is 10.6 Å². The van der Waals surface area contributed by atoms with E-state index in [2.05, 4.69) is 4.98 Å². The molecule has 1 aromatic heterocycles. The number of aromatic nitrogens is 2. The Balaban J connectivity index is 2.65. The molecule has 2 heterocycles. The summed E-state index contributed by atoms with van der Waals surface area (Å²) in [6.07, 6.45) is -3.03. The van der Waals surface area contributed by atoms with Crippen molar-refractivity contribution in [1.29, 1.82) is 0 Å². The fourth-order valence-electron chi connectivity index (χ4n) is 2.29. The Morgan fingerprint density at radius 3 is 2.70 bits per heavy atom. The average Bonchev–Trinajstić information content (AvgIpc) is 2.64. The molecule has 0 amide bonds. The van der Waals surface area contributed by atoms with Crippen LogP contribution in [0.4, 0.5) is 0 Å². The lowest BCUT2D eigenvalue weighted by molar-refractivity contribution is -0.173. The number of aliphatic hydroxyl groups is 3. The molecule has 0 radical (unpaired) electrons. The minimum absolute atomic E-state index is 0.141. The Morgan fingerprint density at radius 1 is 1.60 bits per heavy atom. The Morgan fingerprint density at radius 2 is 2.25 bits per heavy atom. The summed E-state index contributed by atoms with van der Waals surface area (Å²) in [6.45, 7) is 0.576. The third-order valence-electron chi connectivity index (χ3n) is 3.30. The number of ketones is 1. The predicted octanol–water partition coefficient (Wildman–Crippen LogP) is -1.74. The summed E-state index contributed by atoms with van der Waals surface area (Å²) in [7, 11) is 0. The van der Waals surface area contributed by atoms with Crippen molar-refractivity contribution in [2.75, 3.05) is 6.61 Å². The highest BCUT2D eigenvalue weighted by molar-refractivity contribution is 7.71. The van der Waals surface area contributed by atoms with E-state index in [9.17, 15) is 19.8 Å². The zero-order valence-corrected chi connectivity index (χ0v) is 11.3. The first kappa shape index (κ1) is 15.0. The van der Waals surface area contributed by atoms with E-state index in [1.807, 2.05) is 0 Å². The molecule has 1 aliphatic heterocycles. The van der Waals surface area contributed by atoms with Gasteiger partial charge in [0.2, 0.25) is 5.72 Å². The van der Waals surface area contributed by atoms with Crippen molar-refractivity contribution in [3.05, 3.63) is 27.4 Å². The van der Waals surface area contributed by atoms with Crippen LogP contribution in [0.2, 0.25) is 0 Å². The Bertz CT molecular complexity index is 640. The Kier molecular flexibility index (Phi) is 3.89. The second kappa shape index (κ2) is 5.19. The highest BCUT2D eigenvalue weighted by atomic mass is 32.1. The molecular formula is C11H14N2O6S. The summed E-state index contributed by atoms with van der Waals surface area (Å²) < 4.78 is 6.29. The third-order valence-corrected chi connectivity index (χ3v) is 3.60. The number of carbonyl (C=O) groups excluding carboxylic acids is 1. The number of hydrogen-bond acceptors (Lipinski definition) is 7. The van der Waals surface area contributed by atoms with Gasteiger partial charge in [-0.2, -0.15) is 0 Å². The molecule has 0 bridgehead atoms. The smallest absolute Gasteiger partial charge is 0.251 e. The molecule has 0 aliphatic carbocycles. The van der Waals surface area contributed by atoms with E-state index in [0.717, 1.165) is 17.6 Å².